The Hall–Kier alpha value is -1.46. The van der Waals surface area contributed by atoms with Gasteiger partial charge in [-0.25, -0.2) is 0 Å². The summed E-state index contributed by atoms with van der Waals surface area (Å²) in [5.74, 6) is 0.831. The molecule has 0 saturated carbocycles. The van der Waals surface area contributed by atoms with Crippen molar-refractivity contribution in [2.45, 2.75) is 6.04 Å². The molecule has 0 spiro atoms. The van der Waals surface area contributed by atoms with Crippen LogP contribution in [0.5, 0.6) is 0 Å². The van der Waals surface area contributed by atoms with Crippen molar-refractivity contribution in [3.63, 3.8) is 0 Å². The molecule has 1 fully saturated rings. The minimum Gasteiger partial charge on any atom is -0.363 e. The minimum atomic E-state index is 0.480. The number of aromatic nitrogens is 2. The number of halogens is 1. The van der Waals surface area contributed by atoms with Gasteiger partial charge in [-0.15, -0.1) is 10.2 Å². The van der Waals surface area contributed by atoms with E-state index in [1.54, 1.807) is 0 Å². The summed E-state index contributed by atoms with van der Waals surface area (Å²) in [7, 11) is 0. The number of nitrogens with zero attached hydrogens (tertiary/aromatic N) is 2. The van der Waals surface area contributed by atoms with E-state index >= 15 is 0 Å². The number of benzene rings is 1. The molecule has 1 aliphatic rings. The van der Waals surface area contributed by atoms with Gasteiger partial charge in [0, 0.05) is 23.1 Å². The molecule has 0 unspecified atom stereocenters. The van der Waals surface area contributed by atoms with Crippen LogP contribution in [0.4, 0.5) is 5.82 Å². The van der Waals surface area contributed by atoms with Crippen molar-refractivity contribution in [1.82, 2.24) is 15.5 Å². The van der Waals surface area contributed by atoms with Crippen LogP contribution in [-0.4, -0.2) is 29.3 Å². The van der Waals surface area contributed by atoms with E-state index < -0.39 is 0 Å². The van der Waals surface area contributed by atoms with Gasteiger partial charge in [0.05, 0.1) is 11.7 Å². The van der Waals surface area contributed by atoms with E-state index in [0.29, 0.717) is 6.04 Å². The zero-order valence-electron chi connectivity index (χ0n) is 9.73. The molecule has 3 rings (SSSR count). The minimum absolute atomic E-state index is 0.480. The number of hydrogen-bond acceptors (Lipinski definition) is 4. The van der Waals surface area contributed by atoms with Gasteiger partial charge in [0.15, 0.2) is 0 Å². The number of hydrogen-bond donors (Lipinski definition) is 2. The average Bonchev–Trinajstić information content (AvgIpc) is 2.35. The lowest BCUT2D eigenvalue weighted by Gasteiger charge is -2.28. The van der Waals surface area contributed by atoms with Crippen LogP contribution in [0.15, 0.2) is 40.9 Å². The summed E-state index contributed by atoms with van der Waals surface area (Å²) in [4.78, 5) is 0. The molecule has 0 aliphatic carbocycles. The van der Waals surface area contributed by atoms with Crippen molar-refractivity contribution in [3.05, 3.63) is 40.9 Å². The van der Waals surface area contributed by atoms with Gasteiger partial charge in [0.1, 0.15) is 5.82 Å². The number of nitrogens with one attached hydrogen (secondary N) is 2. The van der Waals surface area contributed by atoms with Crippen LogP contribution in [0.3, 0.4) is 0 Å². The summed E-state index contributed by atoms with van der Waals surface area (Å²) < 4.78 is 1.03. The lowest BCUT2D eigenvalue weighted by Crippen LogP contribution is -2.51. The maximum atomic E-state index is 4.26. The summed E-state index contributed by atoms with van der Waals surface area (Å²) in [6, 6.07) is 12.4. The van der Waals surface area contributed by atoms with E-state index in [1.807, 2.05) is 36.4 Å². The number of rotatable bonds is 3. The molecule has 5 heteroatoms. The van der Waals surface area contributed by atoms with Gasteiger partial charge in [-0.05, 0) is 18.2 Å². The molecule has 18 heavy (non-hydrogen) atoms. The molecule has 2 aromatic rings. The van der Waals surface area contributed by atoms with Gasteiger partial charge in [-0.3, -0.25) is 0 Å². The first kappa shape index (κ1) is 11.6. The zero-order valence-corrected chi connectivity index (χ0v) is 11.3. The summed E-state index contributed by atoms with van der Waals surface area (Å²) in [6.45, 7) is 1.99. The lowest BCUT2D eigenvalue weighted by molar-refractivity contribution is 0.470. The van der Waals surface area contributed by atoms with Crippen molar-refractivity contribution in [2.75, 3.05) is 18.4 Å². The highest BCUT2D eigenvalue weighted by atomic mass is 79.9. The third kappa shape index (κ3) is 2.37. The second-order valence-electron chi connectivity index (χ2n) is 4.28. The van der Waals surface area contributed by atoms with E-state index in [9.17, 15) is 0 Å². The normalized spacial score (nSPS) is 15.2. The summed E-state index contributed by atoms with van der Waals surface area (Å²) in [5, 5.41) is 15.0. The molecule has 2 N–H and O–H groups in total. The third-order valence-corrected chi connectivity index (χ3v) is 3.64. The fourth-order valence-corrected chi connectivity index (χ4v) is 2.31. The number of anilines is 1. The van der Waals surface area contributed by atoms with Gasteiger partial charge in [-0.1, -0.05) is 34.1 Å². The molecule has 1 aromatic heterocycles. The van der Waals surface area contributed by atoms with Gasteiger partial charge in [0.2, 0.25) is 0 Å². The smallest absolute Gasteiger partial charge is 0.148 e. The Morgan fingerprint density at radius 3 is 2.56 bits per heavy atom. The molecule has 1 aromatic carbocycles. The van der Waals surface area contributed by atoms with E-state index in [1.165, 1.54) is 0 Å². The van der Waals surface area contributed by atoms with E-state index in [-0.39, 0.29) is 0 Å². The van der Waals surface area contributed by atoms with Crippen LogP contribution >= 0.6 is 15.9 Å². The van der Waals surface area contributed by atoms with Crippen molar-refractivity contribution < 1.29 is 0 Å². The van der Waals surface area contributed by atoms with Gasteiger partial charge < -0.3 is 10.6 Å². The van der Waals surface area contributed by atoms with Crippen LogP contribution < -0.4 is 10.6 Å². The van der Waals surface area contributed by atoms with Gasteiger partial charge in [0.25, 0.3) is 0 Å². The molecule has 4 nitrogen and oxygen atoms in total. The van der Waals surface area contributed by atoms with Crippen LogP contribution in [0, 0.1) is 0 Å². The molecule has 92 valence electrons. The van der Waals surface area contributed by atoms with Crippen LogP contribution in [-0.2, 0) is 0 Å². The van der Waals surface area contributed by atoms with Gasteiger partial charge >= 0.3 is 0 Å². The molecule has 0 amide bonds. The average molecular weight is 305 g/mol. The quantitative estimate of drug-likeness (QED) is 0.913. The summed E-state index contributed by atoms with van der Waals surface area (Å²) in [5.41, 5.74) is 1.93. The lowest BCUT2D eigenvalue weighted by atomic mass is 10.1. The predicted octanol–water partition coefficient (Wildman–Crippen LogP) is 2.29. The Labute approximate surface area is 114 Å². The van der Waals surface area contributed by atoms with Crippen LogP contribution in [0.1, 0.15) is 0 Å². The molecule has 1 aliphatic heterocycles. The predicted molar refractivity (Wildman–Crippen MR) is 75.4 cm³/mol. The fraction of sp³-hybridized carbons (Fsp3) is 0.231. The summed E-state index contributed by atoms with van der Waals surface area (Å²) in [6.07, 6.45) is 0. The zero-order chi connectivity index (χ0) is 12.4. The Morgan fingerprint density at radius 2 is 1.94 bits per heavy atom. The third-order valence-electron chi connectivity index (χ3n) is 2.95. The maximum Gasteiger partial charge on any atom is 0.148 e. The standard InChI is InChI=1S/C13H13BrN4/c14-11-4-2-1-3-10(11)12-5-6-13(18-17-12)16-9-7-15-8-9/h1-6,9,15H,7-8H2,(H,16,18). The molecule has 0 radical (unpaired) electrons. The molecular formula is C13H13BrN4. The Morgan fingerprint density at radius 1 is 1.11 bits per heavy atom. The highest BCUT2D eigenvalue weighted by Gasteiger charge is 2.16. The van der Waals surface area contributed by atoms with E-state index in [0.717, 1.165) is 34.6 Å². The van der Waals surface area contributed by atoms with Crippen molar-refractivity contribution >= 4 is 21.7 Å². The van der Waals surface area contributed by atoms with Crippen LogP contribution in [0.2, 0.25) is 0 Å². The Bertz CT molecular complexity index is 537. The topological polar surface area (TPSA) is 49.8 Å². The Balaban J connectivity index is 1.80. The van der Waals surface area contributed by atoms with Crippen LogP contribution in [0.25, 0.3) is 11.3 Å². The SMILES string of the molecule is Brc1ccccc1-c1ccc(NC2CNC2)nn1. The molecule has 1 saturated heterocycles. The molecule has 2 heterocycles. The van der Waals surface area contributed by atoms with E-state index in [2.05, 4.69) is 36.8 Å². The van der Waals surface area contributed by atoms with Crippen molar-refractivity contribution in [1.29, 1.82) is 0 Å². The van der Waals surface area contributed by atoms with Gasteiger partial charge in [-0.2, -0.15) is 0 Å². The monoisotopic (exact) mass is 304 g/mol. The maximum absolute atomic E-state index is 4.26. The highest BCUT2D eigenvalue weighted by Crippen LogP contribution is 2.26. The first-order valence-electron chi connectivity index (χ1n) is 5.89. The second kappa shape index (κ2) is 5.04. The largest absolute Gasteiger partial charge is 0.363 e. The Kier molecular flexibility index (Phi) is 3.25. The highest BCUT2D eigenvalue weighted by molar-refractivity contribution is 9.10. The molecule has 0 atom stereocenters. The first-order valence-corrected chi connectivity index (χ1v) is 6.68. The molecule has 0 bridgehead atoms. The fourth-order valence-electron chi connectivity index (χ4n) is 1.82. The van der Waals surface area contributed by atoms with E-state index in [4.69, 9.17) is 0 Å². The van der Waals surface area contributed by atoms with Crippen molar-refractivity contribution in [3.8, 4) is 11.3 Å². The van der Waals surface area contributed by atoms with Crippen molar-refractivity contribution in [2.24, 2.45) is 0 Å². The molecular weight excluding hydrogens is 292 g/mol. The first-order chi connectivity index (χ1) is 8.83. The summed E-state index contributed by atoms with van der Waals surface area (Å²) >= 11 is 3.52. The second-order valence-corrected chi connectivity index (χ2v) is 5.14.